The Bertz CT molecular complexity index is 1000. The second-order valence-electron chi connectivity index (χ2n) is 6.89. The zero-order valence-corrected chi connectivity index (χ0v) is 18.1. The smallest absolute Gasteiger partial charge is 0.265 e. The van der Waals surface area contributed by atoms with Gasteiger partial charge in [0, 0.05) is 13.1 Å². The van der Waals surface area contributed by atoms with E-state index in [1.807, 2.05) is 25.1 Å². The number of aryl methyl sites for hydroxylation is 1. The third-order valence-electron chi connectivity index (χ3n) is 4.80. The molecule has 1 fully saturated rings. The maximum absolute atomic E-state index is 12.9. The van der Waals surface area contributed by atoms with E-state index in [1.54, 1.807) is 13.0 Å². The molecule has 2 aromatic carbocycles. The molecule has 0 bridgehead atoms. The summed E-state index contributed by atoms with van der Waals surface area (Å²) in [5, 5.41) is 2.72. The van der Waals surface area contributed by atoms with Crippen molar-refractivity contribution >= 4 is 21.6 Å². The number of hydrogen-bond donors (Lipinski definition) is 1. The third-order valence-corrected chi connectivity index (χ3v) is 6.70. The van der Waals surface area contributed by atoms with Crippen LogP contribution in [0.25, 0.3) is 0 Å². The van der Waals surface area contributed by atoms with E-state index < -0.39 is 22.0 Å². The summed E-state index contributed by atoms with van der Waals surface area (Å²) in [6.07, 6.45) is -0.796. The van der Waals surface area contributed by atoms with Crippen molar-refractivity contribution in [1.29, 1.82) is 0 Å². The van der Waals surface area contributed by atoms with E-state index >= 15 is 0 Å². The van der Waals surface area contributed by atoms with E-state index in [4.69, 9.17) is 14.2 Å². The van der Waals surface area contributed by atoms with E-state index in [2.05, 4.69) is 5.32 Å². The summed E-state index contributed by atoms with van der Waals surface area (Å²) in [4.78, 5) is 12.8. The number of nitrogens with zero attached hydrogens (tertiary/aromatic N) is 1. The van der Waals surface area contributed by atoms with Crippen LogP contribution in [-0.4, -0.2) is 58.1 Å². The van der Waals surface area contributed by atoms with Crippen molar-refractivity contribution in [3.63, 3.8) is 0 Å². The van der Waals surface area contributed by atoms with Crippen LogP contribution in [0.2, 0.25) is 0 Å². The van der Waals surface area contributed by atoms with Crippen molar-refractivity contribution < 1.29 is 27.4 Å². The molecular formula is C21H26N2O6S. The average Bonchev–Trinajstić information content (AvgIpc) is 2.75. The first kappa shape index (κ1) is 22.1. The molecule has 1 unspecified atom stereocenters. The Morgan fingerprint density at radius 1 is 1.13 bits per heavy atom. The predicted molar refractivity (Wildman–Crippen MR) is 112 cm³/mol. The number of rotatable bonds is 7. The van der Waals surface area contributed by atoms with Gasteiger partial charge in [0.1, 0.15) is 11.5 Å². The van der Waals surface area contributed by atoms with Gasteiger partial charge in [0.2, 0.25) is 10.0 Å². The molecule has 8 nitrogen and oxygen atoms in total. The highest BCUT2D eigenvalue weighted by Gasteiger charge is 2.27. The minimum Gasteiger partial charge on any atom is -0.495 e. The second-order valence-corrected chi connectivity index (χ2v) is 8.83. The first-order chi connectivity index (χ1) is 14.3. The molecule has 162 valence electrons. The molecule has 2 aromatic rings. The number of morpholine rings is 1. The van der Waals surface area contributed by atoms with Gasteiger partial charge in [-0.1, -0.05) is 18.2 Å². The third kappa shape index (κ3) is 4.92. The second kappa shape index (κ2) is 9.46. The molecule has 0 spiro atoms. The molecule has 0 radical (unpaired) electrons. The number of sulfonamides is 1. The van der Waals surface area contributed by atoms with Gasteiger partial charge < -0.3 is 19.5 Å². The zero-order valence-electron chi connectivity index (χ0n) is 17.3. The Balaban J connectivity index is 1.80. The summed E-state index contributed by atoms with van der Waals surface area (Å²) < 4.78 is 43.5. The first-order valence-electron chi connectivity index (χ1n) is 9.62. The molecule has 1 aliphatic rings. The van der Waals surface area contributed by atoms with E-state index in [-0.39, 0.29) is 23.7 Å². The fraction of sp³-hybridized carbons (Fsp3) is 0.381. The fourth-order valence-electron chi connectivity index (χ4n) is 3.05. The van der Waals surface area contributed by atoms with Crippen LogP contribution in [-0.2, 0) is 19.6 Å². The number of ether oxygens (including phenoxy) is 3. The first-order valence-corrected chi connectivity index (χ1v) is 11.1. The van der Waals surface area contributed by atoms with E-state index in [9.17, 15) is 13.2 Å². The lowest BCUT2D eigenvalue weighted by Gasteiger charge is -2.26. The topological polar surface area (TPSA) is 94.2 Å². The highest BCUT2D eigenvalue weighted by atomic mass is 32.2. The van der Waals surface area contributed by atoms with Crippen LogP contribution >= 0.6 is 0 Å². The Morgan fingerprint density at radius 2 is 1.83 bits per heavy atom. The molecule has 3 rings (SSSR count). The van der Waals surface area contributed by atoms with Crippen molar-refractivity contribution in [2.24, 2.45) is 0 Å². The highest BCUT2D eigenvalue weighted by Crippen LogP contribution is 2.29. The summed E-state index contributed by atoms with van der Waals surface area (Å²) in [6, 6.07) is 11.8. The summed E-state index contributed by atoms with van der Waals surface area (Å²) in [5.74, 6) is 0.542. The number of methoxy groups -OCH3 is 1. The number of hydrogen-bond acceptors (Lipinski definition) is 6. The molecule has 1 amide bonds. The molecule has 1 N–H and O–H groups in total. The molecular weight excluding hydrogens is 408 g/mol. The molecule has 9 heteroatoms. The van der Waals surface area contributed by atoms with E-state index in [0.29, 0.717) is 24.7 Å². The minimum absolute atomic E-state index is 0.0768. The van der Waals surface area contributed by atoms with Crippen molar-refractivity contribution in [3.05, 3.63) is 48.0 Å². The highest BCUT2D eigenvalue weighted by molar-refractivity contribution is 7.89. The Labute approximate surface area is 176 Å². The zero-order chi connectivity index (χ0) is 21.7. The van der Waals surface area contributed by atoms with E-state index in [0.717, 1.165) is 5.56 Å². The average molecular weight is 435 g/mol. The van der Waals surface area contributed by atoms with Crippen LogP contribution < -0.4 is 14.8 Å². The number of anilines is 1. The Hall–Kier alpha value is -2.62. The van der Waals surface area contributed by atoms with Crippen LogP contribution in [0.4, 0.5) is 5.69 Å². The van der Waals surface area contributed by atoms with Gasteiger partial charge in [0.15, 0.2) is 6.10 Å². The number of carbonyl (C=O) groups excluding carboxylic acids is 1. The lowest BCUT2D eigenvalue weighted by molar-refractivity contribution is -0.122. The number of amides is 1. The molecule has 30 heavy (non-hydrogen) atoms. The SMILES string of the molecule is COc1ccc(S(=O)(=O)N2CCOCC2)cc1NC(=O)C(C)Oc1ccccc1C. The molecule has 0 saturated carbocycles. The lowest BCUT2D eigenvalue weighted by atomic mass is 10.2. The number of para-hydroxylation sites is 1. The van der Waals surface area contributed by atoms with Gasteiger partial charge >= 0.3 is 0 Å². The minimum atomic E-state index is -3.70. The largest absolute Gasteiger partial charge is 0.495 e. The van der Waals surface area contributed by atoms with Crippen molar-refractivity contribution in [2.75, 3.05) is 38.7 Å². The molecule has 1 heterocycles. The molecule has 1 aliphatic heterocycles. The van der Waals surface area contributed by atoms with Gasteiger partial charge in [-0.2, -0.15) is 4.31 Å². The van der Waals surface area contributed by atoms with Crippen molar-refractivity contribution in [2.45, 2.75) is 24.8 Å². The maximum atomic E-state index is 12.9. The van der Waals surface area contributed by atoms with Gasteiger partial charge in [-0.05, 0) is 43.7 Å². The molecule has 0 aliphatic carbocycles. The molecule has 0 aromatic heterocycles. The van der Waals surface area contributed by atoms with Gasteiger partial charge in [-0.25, -0.2) is 8.42 Å². The summed E-state index contributed by atoms with van der Waals surface area (Å²) in [6.45, 7) is 4.81. The van der Waals surface area contributed by atoms with Crippen LogP contribution in [0.5, 0.6) is 11.5 Å². The Morgan fingerprint density at radius 3 is 2.50 bits per heavy atom. The fourth-order valence-corrected chi connectivity index (χ4v) is 4.48. The van der Waals surface area contributed by atoms with Gasteiger partial charge in [0.25, 0.3) is 5.91 Å². The Kier molecular flexibility index (Phi) is 6.96. The van der Waals surface area contributed by atoms with Crippen LogP contribution in [0, 0.1) is 6.92 Å². The standard InChI is InChI=1S/C21H26N2O6S/c1-15-6-4-5-7-19(15)29-16(2)21(24)22-18-14-17(8-9-20(18)27-3)30(25,26)23-10-12-28-13-11-23/h4-9,14,16H,10-13H2,1-3H3,(H,22,24). The number of carbonyl (C=O) groups is 1. The summed E-state index contributed by atoms with van der Waals surface area (Å²) >= 11 is 0. The van der Waals surface area contributed by atoms with Gasteiger partial charge in [-0.3, -0.25) is 4.79 Å². The summed E-state index contributed by atoms with van der Waals surface area (Å²) in [5.41, 5.74) is 1.17. The normalized spacial score (nSPS) is 16.0. The predicted octanol–water partition coefficient (Wildman–Crippen LogP) is 2.43. The van der Waals surface area contributed by atoms with Crippen molar-refractivity contribution in [3.8, 4) is 11.5 Å². The van der Waals surface area contributed by atoms with Crippen LogP contribution in [0.15, 0.2) is 47.4 Å². The summed E-state index contributed by atoms with van der Waals surface area (Å²) in [7, 11) is -2.25. The number of nitrogens with one attached hydrogen (secondary N) is 1. The lowest BCUT2D eigenvalue weighted by Crippen LogP contribution is -2.40. The van der Waals surface area contributed by atoms with E-state index in [1.165, 1.54) is 29.6 Å². The van der Waals surface area contributed by atoms with Crippen LogP contribution in [0.1, 0.15) is 12.5 Å². The van der Waals surface area contributed by atoms with Crippen LogP contribution in [0.3, 0.4) is 0 Å². The van der Waals surface area contributed by atoms with Gasteiger partial charge in [0.05, 0.1) is 30.9 Å². The quantitative estimate of drug-likeness (QED) is 0.719. The van der Waals surface area contributed by atoms with Gasteiger partial charge in [-0.15, -0.1) is 0 Å². The maximum Gasteiger partial charge on any atom is 0.265 e. The monoisotopic (exact) mass is 434 g/mol. The number of benzene rings is 2. The molecule has 1 saturated heterocycles. The van der Waals surface area contributed by atoms with Crippen molar-refractivity contribution in [1.82, 2.24) is 4.31 Å². The molecule has 1 atom stereocenters.